The lowest BCUT2D eigenvalue weighted by molar-refractivity contribution is -0.141. The number of carboxylic acids is 1. The lowest BCUT2D eigenvalue weighted by atomic mass is 10.1. The highest BCUT2D eigenvalue weighted by Gasteiger charge is 2.31. The van der Waals surface area contributed by atoms with Gasteiger partial charge in [-0.1, -0.05) is 0 Å². The Morgan fingerprint density at radius 1 is 1.23 bits per heavy atom. The first-order valence-corrected chi connectivity index (χ1v) is 8.64. The molecule has 1 aromatic carbocycles. The van der Waals surface area contributed by atoms with Crippen molar-refractivity contribution in [3.05, 3.63) is 29.8 Å². The quantitative estimate of drug-likeness (QED) is 0.904. The SMILES string of the molecule is CC(C)S(=O)(=O)c1ccc(C(=O)N2CC[C@@H](C(=O)O)C2)cc1. The number of aliphatic carboxylic acids is 1. The van der Waals surface area contributed by atoms with Gasteiger partial charge in [0.15, 0.2) is 9.84 Å². The van der Waals surface area contributed by atoms with E-state index in [9.17, 15) is 18.0 Å². The lowest BCUT2D eigenvalue weighted by Crippen LogP contribution is -2.30. The Bertz CT molecular complexity index is 678. The number of hydrogen-bond acceptors (Lipinski definition) is 4. The summed E-state index contributed by atoms with van der Waals surface area (Å²) in [5, 5.41) is 8.43. The van der Waals surface area contributed by atoms with Crippen LogP contribution in [-0.4, -0.2) is 48.6 Å². The Balaban J connectivity index is 2.15. The first kappa shape index (κ1) is 16.5. The van der Waals surface area contributed by atoms with Crippen molar-refractivity contribution in [1.82, 2.24) is 4.90 Å². The van der Waals surface area contributed by atoms with E-state index >= 15 is 0 Å². The highest BCUT2D eigenvalue weighted by atomic mass is 32.2. The fourth-order valence-electron chi connectivity index (χ4n) is 2.39. The molecule has 1 N–H and O–H groups in total. The van der Waals surface area contributed by atoms with Crippen molar-refractivity contribution in [1.29, 1.82) is 0 Å². The van der Waals surface area contributed by atoms with Crippen molar-refractivity contribution < 1.29 is 23.1 Å². The van der Waals surface area contributed by atoms with E-state index in [0.29, 0.717) is 18.5 Å². The molecule has 2 rings (SSSR count). The van der Waals surface area contributed by atoms with Gasteiger partial charge >= 0.3 is 5.97 Å². The van der Waals surface area contributed by atoms with Gasteiger partial charge in [0, 0.05) is 18.7 Å². The van der Waals surface area contributed by atoms with Crippen LogP contribution in [0.2, 0.25) is 0 Å². The summed E-state index contributed by atoms with van der Waals surface area (Å²) < 4.78 is 24.1. The fourth-order valence-corrected chi connectivity index (χ4v) is 3.45. The van der Waals surface area contributed by atoms with Gasteiger partial charge in [-0.15, -0.1) is 0 Å². The molecule has 1 heterocycles. The molecule has 1 amide bonds. The van der Waals surface area contributed by atoms with Crippen molar-refractivity contribution in [2.24, 2.45) is 5.92 Å². The Morgan fingerprint density at radius 2 is 1.82 bits per heavy atom. The van der Waals surface area contributed by atoms with E-state index in [0.717, 1.165) is 0 Å². The van der Waals surface area contributed by atoms with E-state index in [4.69, 9.17) is 5.11 Å². The normalized spacial score (nSPS) is 18.7. The molecule has 22 heavy (non-hydrogen) atoms. The minimum Gasteiger partial charge on any atom is -0.481 e. The zero-order chi connectivity index (χ0) is 16.5. The first-order chi connectivity index (χ1) is 10.2. The second kappa shape index (κ2) is 6.08. The molecule has 0 aliphatic carbocycles. The molecule has 7 heteroatoms. The highest BCUT2D eigenvalue weighted by molar-refractivity contribution is 7.92. The lowest BCUT2D eigenvalue weighted by Gasteiger charge is -2.16. The van der Waals surface area contributed by atoms with Crippen LogP contribution in [0, 0.1) is 5.92 Å². The third-order valence-corrected chi connectivity index (χ3v) is 6.05. The van der Waals surface area contributed by atoms with E-state index in [2.05, 4.69) is 0 Å². The summed E-state index contributed by atoms with van der Waals surface area (Å²) in [5.41, 5.74) is 0.369. The van der Waals surface area contributed by atoms with Gasteiger partial charge in [-0.3, -0.25) is 9.59 Å². The second-order valence-electron chi connectivity index (χ2n) is 5.69. The van der Waals surface area contributed by atoms with Crippen LogP contribution in [0.3, 0.4) is 0 Å². The van der Waals surface area contributed by atoms with Crippen LogP contribution < -0.4 is 0 Å². The number of sulfone groups is 1. The molecule has 1 atom stereocenters. The van der Waals surface area contributed by atoms with Gasteiger partial charge in [-0.2, -0.15) is 0 Å². The average molecular weight is 325 g/mol. The van der Waals surface area contributed by atoms with Crippen molar-refractivity contribution in [3.8, 4) is 0 Å². The van der Waals surface area contributed by atoms with E-state index in [-0.39, 0.29) is 17.3 Å². The van der Waals surface area contributed by atoms with Crippen LogP contribution in [0.4, 0.5) is 0 Å². The molecule has 0 radical (unpaired) electrons. The number of carbonyl (C=O) groups is 2. The van der Waals surface area contributed by atoms with Crippen LogP contribution in [-0.2, 0) is 14.6 Å². The summed E-state index contributed by atoms with van der Waals surface area (Å²) in [6.45, 7) is 3.80. The minimum atomic E-state index is -3.36. The molecule has 1 aliphatic heterocycles. The number of amides is 1. The van der Waals surface area contributed by atoms with Gasteiger partial charge in [0.1, 0.15) is 0 Å². The molecule has 0 spiro atoms. The molecular weight excluding hydrogens is 306 g/mol. The molecule has 1 fully saturated rings. The summed E-state index contributed by atoms with van der Waals surface area (Å²) in [7, 11) is -3.36. The maximum Gasteiger partial charge on any atom is 0.308 e. The fraction of sp³-hybridized carbons (Fsp3) is 0.467. The molecular formula is C15H19NO5S. The highest BCUT2D eigenvalue weighted by Crippen LogP contribution is 2.21. The number of likely N-dealkylation sites (tertiary alicyclic amines) is 1. The van der Waals surface area contributed by atoms with E-state index in [1.807, 2.05) is 0 Å². The molecule has 120 valence electrons. The number of benzene rings is 1. The number of carboxylic acid groups (broad SMARTS) is 1. The Hall–Kier alpha value is -1.89. The molecule has 6 nitrogen and oxygen atoms in total. The Morgan fingerprint density at radius 3 is 2.27 bits per heavy atom. The monoisotopic (exact) mass is 325 g/mol. The predicted molar refractivity (Wildman–Crippen MR) is 80.4 cm³/mol. The summed E-state index contributed by atoms with van der Waals surface area (Å²) in [6.07, 6.45) is 0.445. The molecule has 1 aliphatic rings. The van der Waals surface area contributed by atoms with Crippen LogP contribution in [0.1, 0.15) is 30.6 Å². The zero-order valence-electron chi connectivity index (χ0n) is 12.5. The van der Waals surface area contributed by atoms with Crippen molar-refractivity contribution in [2.75, 3.05) is 13.1 Å². The number of carbonyl (C=O) groups excluding carboxylic acids is 1. The maximum atomic E-state index is 12.3. The van der Waals surface area contributed by atoms with Gasteiger partial charge in [0.25, 0.3) is 5.91 Å². The van der Waals surface area contributed by atoms with Gasteiger partial charge in [0.2, 0.25) is 0 Å². The van der Waals surface area contributed by atoms with Crippen LogP contribution >= 0.6 is 0 Å². The summed E-state index contributed by atoms with van der Waals surface area (Å²) in [6, 6.07) is 5.80. The largest absolute Gasteiger partial charge is 0.481 e. The van der Waals surface area contributed by atoms with E-state index in [1.54, 1.807) is 13.8 Å². The molecule has 0 bridgehead atoms. The van der Waals surface area contributed by atoms with Crippen LogP contribution in [0.25, 0.3) is 0 Å². The topological polar surface area (TPSA) is 91.8 Å². The van der Waals surface area contributed by atoms with E-state index in [1.165, 1.54) is 29.2 Å². The molecule has 1 saturated heterocycles. The first-order valence-electron chi connectivity index (χ1n) is 7.09. The van der Waals surface area contributed by atoms with Gasteiger partial charge < -0.3 is 10.0 Å². The van der Waals surface area contributed by atoms with Gasteiger partial charge in [-0.25, -0.2) is 8.42 Å². The Kier molecular flexibility index (Phi) is 4.55. The molecule has 0 saturated carbocycles. The summed E-state index contributed by atoms with van der Waals surface area (Å²) in [5.74, 6) is -1.68. The minimum absolute atomic E-state index is 0.184. The molecule has 1 aromatic rings. The van der Waals surface area contributed by atoms with Crippen molar-refractivity contribution in [3.63, 3.8) is 0 Å². The Labute approximate surface area is 129 Å². The van der Waals surface area contributed by atoms with Crippen LogP contribution in [0.15, 0.2) is 29.2 Å². The van der Waals surface area contributed by atoms with E-state index < -0.39 is 27.0 Å². The van der Waals surface area contributed by atoms with Crippen molar-refractivity contribution in [2.45, 2.75) is 30.4 Å². The number of hydrogen-bond donors (Lipinski definition) is 1. The standard InChI is InChI=1S/C15H19NO5S/c1-10(2)22(20,21)13-5-3-11(4-6-13)14(17)16-8-7-12(9-16)15(18)19/h3-6,10,12H,7-9H2,1-2H3,(H,18,19)/t12-/m1/s1. The second-order valence-corrected chi connectivity index (χ2v) is 8.20. The summed E-state index contributed by atoms with van der Waals surface area (Å²) in [4.78, 5) is 24.9. The zero-order valence-corrected chi connectivity index (χ0v) is 13.3. The van der Waals surface area contributed by atoms with Gasteiger partial charge in [-0.05, 0) is 44.5 Å². The maximum absolute atomic E-state index is 12.3. The third-order valence-electron chi connectivity index (χ3n) is 3.88. The predicted octanol–water partition coefficient (Wildman–Crippen LogP) is 1.42. The molecule has 0 aromatic heterocycles. The molecule has 0 unspecified atom stereocenters. The average Bonchev–Trinajstić information content (AvgIpc) is 2.96. The smallest absolute Gasteiger partial charge is 0.308 e. The summed E-state index contributed by atoms with van der Waals surface area (Å²) >= 11 is 0. The van der Waals surface area contributed by atoms with Gasteiger partial charge in [0.05, 0.1) is 16.1 Å². The number of rotatable bonds is 4. The third kappa shape index (κ3) is 3.14. The number of nitrogens with zero attached hydrogens (tertiary/aromatic N) is 1. The van der Waals surface area contributed by atoms with Crippen molar-refractivity contribution >= 4 is 21.7 Å². The van der Waals surface area contributed by atoms with Crippen LogP contribution in [0.5, 0.6) is 0 Å².